The first-order valence-corrected chi connectivity index (χ1v) is 2.48. The van der Waals surface area contributed by atoms with Crippen LogP contribution >= 0.6 is 0 Å². The molecule has 1 rings (SSSR count). The van der Waals surface area contributed by atoms with Gasteiger partial charge in [-0.25, -0.2) is 0 Å². The van der Waals surface area contributed by atoms with E-state index in [4.69, 9.17) is 0 Å². The molecular formula is C4H8N2O. The first-order chi connectivity index (χ1) is 3.43. The predicted octanol–water partition coefficient (Wildman–Crippen LogP) is 0.667. The standard InChI is InChI=1S/C4H8N2O/c7-6-5-3-4-1-2-4/h4H,1-3H2,(H,5,7). The van der Waals surface area contributed by atoms with Crippen LogP contribution in [0, 0.1) is 10.8 Å². The highest BCUT2D eigenvalue weighted by atomic mass is 16.3. The highest BCUT2D eigenvalue weighted by molar-refractivity contribution is 4.73. The molecule has 0 heterocycles. The maximum absolute atomic E-state index is 9.38. The van der Waals surface area contributed by atoms with E-state index >= 15 is 0 Å². The van der Waals surface area contributed by atoms with E-state index in [0.717, 1.165) is 12.5 Å². The average Bonchev–Trinajstić information content (AvgIpc) is 2.42. The first kappa shape index (κ1) is 4.56. The zero-order valence-electron chi connectivity index (χ0n) is 4.05. The molecule has 7 heavy (non-hydrogen) atoms. The second kappa shape index (κ2) is 1.91. The van der Waals surface area contributed by atoms with Crippen molar-refractivity contribution >= 4 is 0 Å². The Hall–Kier alpha value is -0.600. The molecule has 40 valence electrons. The van der Waals surface area contributed by atoms with Gasteiger partial charge < -0.3 is 0 Å². The Balaban J connectivity index is 1.88. The van der Waals surface area contributed by atoms with Gasteiger partial charge in [0.2, 0.25) is 0 Å². The van der Waals surface area contributed by atoms with Crippen LogP contribution in [0.15, 0.2) is 5.29 Å². The fourth-order valence-electron chi connectivity index (χ4n) is 0.488. The predicted molar refractivity (Wildman–Crippen MR) is 26.5 cm³/mol. The monoisotopic (exact) mass is 100 g/mol. The lowest BCUT2D eigenvalue weighted by Crippen LogP contribution is -2.06. The molecule has 0 aromatic carbocycles. The zero-order chi connectivity index (χ0) is 5.11. The Bertz CT molecular complexity index is 70.1. The van der Waals surface area contributed by atoms with Crippen molar-refractivity contribution in [3.8, 4) is 0 Å². The molecule has 1 aliphatic carbocycles. The summed E-state index contributed by atoms with van der Waals surface area (Å²) in [7, 11) is 0. The first-order valence-electron chi connectivity index (χ1n) is 2.48. The molecule has 0 amide bonds. The van der Waals surface area contributed by atoms with Crippen molar-refractivity contribution in [1.29, 1.82) is 0 Å². The van der Waals surface area contributed by atoms with Gasteiger partial charge in [-0.2, -0.15) is 0 Å². The molecule has 1 saturated carbocycles. The van der Waals surface area contributed by atoms with Gasteiger partial charge in [-0.05, 0) is 18.8 Å². The van der Waals surface area contributed by atoms with E-state index in [-0.39, 0.29) is 0 Å². The molecule has 0 aromatic heterocycles. The number of hydrogen-bond donors (Lipinski definition) is 1. The SMILES string of the molecule is O=NNCC1CC1. The van der Waals surface area contributed by atoms with E-state index < -0.39 is 0 Å². The largest absolute Gasteiger partial charge is 0.274 e. The smallest absolute Gasteiger partial charge is 0.0496 e. The Kier molecular flexibility index (Phi) is 1.24. The van der Waals surface area contributed by atoms with Crippen molar-refractivity contribution in [3.05, 3.63) is 4.91 Å². The van der Waals surface area contributed by atoms with E-state index in [1.54, 1.807) is 0 Å². The van der Waals surface area contributed by atoms with Crippen molar-refractivity contribution in [2.75, 3.05) is 6.54 Å². The lowest BCUT2D eigenvalue weighted by molar-refractivity contribution is 0.667. The summed E-state index contributed by atoms with van der Waals surface area (Å²) in [6.45, 7) is 0.781. The van der Waals surface area contributed by atoms with Crippen molar-refractivity contribution in [1.82, 2.24) is 5.43 Å². The third-order valence-corrected chi connectivity index (χ3v) is 1.14. The molecule has 0 atom stereocenters. The van der Waals surface area contributed by atoms with Gasteiger partial charge in [0.05, 0.1) is 0 Å². The lowest BCUT2D eigenvalue weighted by atomic mass is 10.4. The summed E-state index contributed by atoms with van der Waals surface area (Å²) in [6.07, 6.45) is 2.53. The van der Waals surface area contributed by atoms with E-state index in [9.17, 15) is 4.91 Å². The molecule has 0 spiro atoms. The number of nitroso groups, excluding NO2 is 1. The molecule has 0 bridgehead atoms. The maximum atomic E-state index is 9.38. The summed E-state index contributed by atoms with van der Waals surface area (Å²) in [5.74, 6) is 0.748. The van der Waals surface area contributed by atoms with Crippen molar-refractivity contribution in [2.24, 2.45) is 11.2 Å². The summed E-state index contributed by atoms with van der Waals surface area (Å²) >= 11 is 0. The van der Waals surface area contributed by atoms with Gasteiger partial charge in [0.15, 0.2) is 0 Å². The third-order valence-electron chi connectivity index (χ3n) is 1.14. The molecule has 1 N–H and O–H groups in total. The van der Waals surface area contributed by atoms with Gasteiger partial charge >= 0.3 is 0 Å². The Morgan fingerprint density at radius 3 is 2.86 bits per heavy atom. The molecule has 1 aliphatic rings. The molecule has 1 fully saturated rings. The van der Waals surface area contributed by atoms with E-state index in [0.29, 0.717) is 0 Å². The van der Waals surface area contributed by atoms with Gasteiger partial charge in [-0.3, -0.25) is 5.43 Å². The van der Waals surface area contributed by atoms with Crippen molar-refractivity contribution in [3.63, 3.8) is 0 Å². The highest BCUT2D eigenvalue weighted by Crippen LogP contribution is 2.27. The van der Waals surface area contributed by atoms with Crippen LogP contribution in [0.4, 0.5) is 0 Å². The molecular weight excluding hydrogens is 92.1 g/mol. The number of hydrogen-bond acceptors (Lipinski definition) is 2. The minimum atomic E-state index is 0.748. The molecule has 3 nitrogen and oxygen atoms in total. The van der Waals surface area contributed by atoms with Crippen LogP contribution in [0.3, 0.4) is 0 Å². The quantitative estimate of drug-likeness (QED) is 0.418. The average molecular weight is 100 g/mol. The van der Waals surface area contributed by atoms with Crippen LogP contribution in [0.1, 0.15) is 12.8 Å². The highest BCUT2D eigenvalue weighted by Gasteiger charge is 2.20. The Morgan fingerprint density at radius 1 is 1.71 bits per heavy atom. The van der Waals surface area contributed by atoms with Crippen LogP contribution in [0.2, 0.25) is 0 Å². The summed E-state index contributed by atoms with van der Waals surface area (Å²) in [4.78, 5) is 9.38. The maximum Gasteiger partial charge on any atom is 0.0496 e. The van der Waals surface area contributed by atoms with E-state index in [2.05, 4.69) is 10.7 Å². The van der Waals surface area contributed by atoms with Crippen molar-refractivity contribution in [2.45, 2.75) is 12.8 Å². The van der Waals surface area contributed by atoms with E-state index in [1.807, 2.05) is 0 Å². The van der Waals surface area contributed by atoms with Gasteiger partial charge in [-0.15, -0.1) is 4.91 Å². The fraction of sp³-hybridized carbons (Fsp3) is 1.00. The topological polar surface area (TPSA) is 41.5 Å². The second-order valence-corrected chi connectivity index (χ2v) is 1.90. The van der Waals surface area contributed by atoms with Crippen LogP contribution in [0.25, 0.3) is 0 Å². The van der Waals surface area contributed by atoms with Crippen LogP contribution in [-0.2, 0) is 0 Å². The van der Waals surface area contributed by atoms with Crippen LogP contribution in [-0.4, -0.2) is 6.54 Å². The molecule has 3 heteroatoms. The number of rotatable bonds is 3. The molecule has 0 aromatic rings. The Morgan fingerprint density at radius 2 is 2.43 bits per heavy atom. The second-order valence-electron chi connectivity index (χ2n) is 1.90. The number of nitrogens with one attached hydrogen (secondary N) is 1. The molecule has 0 unspecified atom stereocenters. The summed E-state index contributed by atoms with van der Waals surface area (Å²) < 4.78 is 0. The molecule has 0 aliphatic heterocycles. The zero-order valence-corrected chi connectivity index (χ0v) is 4.05. The minimum absolute atomic E-state index is 0.748. The lowest BCUT2D eigenvalue weighted by Gasteiger charge is -1.86. The third kappa shape index (κ3) is 1.52. The fourth-order valence-corrected chi connectivity index (χ4v) is 0.488. The molecule has 0 saturated heterocycles. The van der Waals surface area contributed by atoms with Gasteiger partial charge in [0, 0.05) is 11.8 Å². The van der Waals surface area contributed by atoms with Crippen LogP contribution < -0.4 is 5.43 Å². The normalized spacial score (nSPS) is 18.9. The number of nitrogens with zero attached hydrogens (tertiary/aromatic N) is 1. The van der Waals surface area contributed by atoms with Gasteiger partial charge in [0.1, 0.15) is 0 Å². The van der Waals surface area contributed by atoms with Crippen molar-refractivity contribution < 1.29 is 0 Å². The summed E-state index contributed by atoms with van der Waals surface area (Å²) in [6, 6.07) is 0. The van der Waals surface area contributed by atoms with Gasteiger partial charge in [-0.1, -0.05) is 0 Å². The Labute approximate surface area is 42.0 Å². The van der Waals surface area contributed by atoms with Crippen LogP contribution in [0.5, 0.6) is 0 Å². The van der Waals surface area contributed by atoms with Gasteiger partial charge in [0.25, 0.3) is 0 Å². The summed E-state index contributed by atoms with van der Waals surface area (Å²) in [5, 5.41) is 2.52. The minimum Gasteiger partial charge on any atom is -0.274 e. The molecule has 0 radical (unpaired) electrons. The van der Waals surface area contributed by atoms with E-state index in [1.165, 1.54) is 12.8 Å². The summed E-state index contributed by atoms with van der Waals surface area (Å²) in [5.41, 5.74) is 2.38.